The molecule has 1 aliphatic heterocycles. The number of nitrogens with one attached hydrogen (secondary N) is 1. The van der Waals surface area contributed by atoms with E-state index in [2.05, 4.69) is 31.1 Å². The standard InChI is InChI=1S/C13H26N2O/c1-10(2)15-6-7-16-13(9-15)12(14-3)8-11-4-5-11/h10-14H,4-9H2,1-3H3. The van der Waals surface area contributed by atoms with Crippen molar-refractivity contribution in [2.45, 2.75) is 51.3 Å². The Hall–Kier alpha value is -0.120. The van der Waals surface area contributed by atoms with Gasteiger partial charge in [-0.1, -0.05) is 12.8 Å². The second-order valence-corrected chi connectivity index (χ2v) is 5.57. The molecule has 0 aromatic carbocycles. The fraction of sp³-hybridized carbons (Fsp3) is 1.00. The molecule has 2 aliphatic rings. The first kappa shape index (κ1) is 12.3. The molecule has 94 valence electrons. The Kier molecular flexibility index (Phi) is 4.22. The molecule has 2 rings (SSSR count). The third kappa shape index (κ3) is 3.19. The van der Waals surface area contributed by atoms with Crippen molar-refractivity contribution in [1.82, 2.24) is 10.2 Å². The third-order valence-electron chi connectivity index (χ3n) is 3.96. The molecular weight excluding hydrogens is 200 g/mol. The Bertz CT molecular complexity index is 216. The number of nitrogens with zero attached hydrogens (tertiary/aromatic N) is 1. The van der Waals surface area contributed by atoms with Crippen molar-refractivity contribution in [1.29, 1.82) is 0 Å². The first-order valence-electron chi connectivity index (χ1n) is 6.73. The zero-order valence-corrected chi connectivity index (χ0v) is 10.9. The molecule has 0 radical (unpaired) electrons. The zero-order chi connectivity index (χ0) is 11.5. The summed E-state index contributed by atoms with van der Waals surface area (Å²) in [6.45, 7) is 7.63. The first-order chi connectivity index (χ1) is 7.70. The summed E-state index contributed by atoms with van der Waals surface area (Å²) < 4.78 is 5.94. The lowest BCUT2D eigenvalue weighted by Gasteiger charge is -2.39. The summed E-state index contributed by atoms with van der Waals surface area (Å²) in [7, 11) is 2.07. The molecule has 0 spiro atoms. The number of rotatable bonds is 5. The summed E-state index contributed by atoms with van der Waals surface area (Å²) in [5, 5.41) is 3.45. The molecule has 2 atom stereocenters. The molecule has 0 aromatic rings. The van der Waals surface area contributed by atoms with Crippen LogP contribution < -0.4 is 5.32 Å². The van der Waals surface area contributed by atoms with Crippen molar-refractivity contribution < 1.29 is 4.74 Å². The highest BCUT2D eigenvalue weighted by Gasteiger charge is 2.32. The lowest BCUT2D eigenvalue weighted by molar-refractivity contribution is -0.0561. The average molecular weight is 226 g/mol. The van der Waals surface area contributed by atoms with Crippen LogP contribution in [0.4, 0.5) is 0 Å². The van der Waals surface area contributed by atoms with Crippen LogP contribution in [0, 0.1) is 5.92 Å². The Morgan fingerprint density at radius 1 is 1.38 bits per heavy atom. The van der Waals surface area contributed by atoms with E-state index >= 15 is 0 Å². The van der Waals surface area contributed by atoms with Gasteiger partial charge in [0.25, 0.3) is 0 Å². The fourth-order valence-corrected chi connectivity index (χ4v) is 2.58. The van der Waals surface area contributed by atoms with Gasteiger partial charge in [0.2, 0.25) is 0 Å². The van der Waals surface area contributed by atoms with E-state index in [1.807, 2.05) is 0 Å². The molecule has 1 N–H and O–H groups in total. The molecular formula is C13H26N2O. The van der Waals surface area contributed by atoms with Gasteiger partial charge in [0.1, 0.15) is 0 Å². The molecule has 3 heteroatoms. The van der Waals surface area contributed by atoms with Gasteiger partial charge in [-0.2, -0.15) is 0 Å². The second kappa shape index (κ2) is 5.48. The van der Waals surface area contributed by atoms with Gasteiger partial charge < -0.3 is 10.1 Å². The number of hydrogen-bond donors (Lipinski definition) is 1. The molecule has 0 amide bonds. The predicted octanol–water partition coefficient (Wildman–Crippen LogP) is 1.48. The van der Waals surface area contributed by atoms with E-state index in [0.29, 0.717) is 18.2 Å². The van der Waals surface area contributed by atoms with Crippen LogP contribution in [0.3, 0.4) is 0 Å². The van der Waals surface area contributed by atoms with Crippen molar-refractivity contribution in [3.05, 3.63) is 0 Å². The Morgan fingerprint density at radius 3 is 2.69 bits per heavy atom. The van der Waals surface area contributed by atoms with Crippen molar-refractivity contribution >= 4 is 0 Å². The molecule has 0 bridgehead atoms. The molecule has 2 unspecified atom stereocenters. The number of hydrogen-bond acceptors (Lipinski definition) is 3. The van der Waals surface area contributed by atoms with E-state index in [0.717, 1.165) is 25.6 Å². The van der Waals surface area contributed by atoms with Gasteiger partial charge in [0, 0.05) is 25.2 Å². The maximum Gasteiger partial charge on any atom is 0.0855 e. The van der Waals surface area contributed by atoms with Gasteiger partial charge in [0.15, 0.2) is 0 Å². The topological polar surface area (TPSA) is 24.5 Å². The lowest BCUT2D eigenvalue weighted by atomic mass is 10.0. The fourth-order valence-electron chi connectivity index (χ4n) is 2.58. The minimum absolute atomic E-state index is 0.391. The summed E-state index contributed by atoms with van der Waals surface area (Å²) in [6.07, 6.45) is 4.55. The summed E-state index contributed by atoms with van der Waals surface area (Å²) in [4.78, 5) is 2.53. The Morgan fingerprint density at radius 2 is 2.12 bits per heavy atom. The largest absolute Gasteiger partial charge is 0.374 e. The number of ether oxygens (including phenoxy) is 1. The van der Waals surface area contributed by atoms with Crippen molar-refractivity contribution in [3.8, 4) is 0 Å². The molecule has 0 aromatic heterocycles. The van der Waals surface area contributed by atoms with E-state index in [4.69, 9.17) is 4.74 Å². The zero-order valence-electron chi connectivity index (χ0n) is 10.9. The number of likely N-dealkylation sites (N-methyl/N-ethyl adjacent to an activating group) is 1. The Labute approximate surface area is 99.5 Å². The minimum Gasteiger partial charge on any atom is -0.374 e. The quantitative estimate of drug-likeness (QED) is 0.768. The Balaban J connectivity index is 1.85. The van der Waals surface area contributed by atoms with E-state index in [-0.39, 0.29) is 0 Å². The van der Waals surface area contributed by atoms with Gasteiger partial charge in [-0.25, -0.2) is 0 Å². The molecule has 3 nitrogen and oxygen atoms in total. The maximum absolute atomic E-state index is 5.94. The summed E-state index contributed by atoms with van der Waals surface area (Å²) in [5.41, 5.74) is 0. The van der Waals surface area contributed by atoms with Crippen LogP contribution in [-0.2, 0) is 4.74 Å². The van der Waals surface area contributed by atoms with Crippen LogP contribution in [0.25, 0.3) is 0 Å². The normalized spacial score (nSPS) is 29.6. The van der Waals surface area contributed by atoms with Gasteiger partial charge >= 0.3 is 0 Å². The summed E-state index contributed by atoms with van der Waals surface area (Å²) in [6, 6.07) is 1.19. The van der Waals surface area contributed by atoms with Crippen LogP contribution in [0.15, 0.2) is 0 Å². The van der Waals surface area contributed by atoms with Gasteiger partial charge in [-0.15, -0.1) is 0 Å². The predicted molar refractivity (Wildman–Crippen MR) is 66.6 cm³/mol. The van der Waals surface area contributed by atoms with Crippen molar-refractivity contribution in [3.63, 3.8) is 0 Å². The molecule has 1 saturated carbocycles. The highest BCUT2D eigenvalue weighted by atomic mass is 16.5. The highest BCUT2D eigenvalue weighted by Crippen LogP contribution is 2.34. The summed E-state index contributed by atoms with van der Waals surface area (Å²) >= 11 is 0. The van der Waals surface area contributed by atoms with Crippen molar-refractivity contribution in [2.24, 2.45) is 5.92 Å². The smallest absolute Gasteiger partial charge is 0.0855 e. The van der Waals surface area contributed by atoms with Gasteiger partial charge in [0.05, 0.1) is 12.7 Å². The monoisotopic (exact) mass is 226 g/mol. The lowest BCUT2D eigenvalue weighted by Crippen LogP contribution is -2.53. The molecule has 1 saturated heterocycles. The van der Waals surface area contributed by atoms with Crippen LogP contribution in [0.1, 0.15) is 33.1 Å². The summed E-state index contributed by atoms with van der Waals surface area (Å²) in [5.74, 6) is 0.968. The third-order valence-corrected chi connectivity index (χ3v) is 3.96. The van der Waals surface area contributed by atoms with Crippen LogP contribution in [-0.4, -0.2) is 49.8 Å². The van der Waals surface area contributed by atoms with Crippen LogP contribution in [0.2, 0.25) is 0 Å². The first-order valence-corrected chi connectivity index (χ1v) is 6.73. The average Bonchev–Trinajstić information content (AvgIpc) is 3.10. The second-order valence-electron chi connectivity index (χ2n) is 5.57. The van der Waals surface area contributed by atoms with Crippen LogP contribution >= 0.6 is 0 Å². The maximum atomic E-state index is 5.94. The highest BCUT2D eigenvalue weighted by molar-refractivity contribution is 4.88. The SMILES string of the molecule is CNC(CC1CC1)C1CN(C(C)C)CCO1. The van der Waals surface area contributed by atoms with E-state index in [1.54, 1.807) is 0 Å². The molecule has 16 heavy (non-hydrogen) atoms. The van der Waals surface area contributed by atoms with E-state index in [9.17, 15) is 0 Å². The van der Waals surface area contributed by atoms with Gasteiger partial charge in [-0.3, -0.25) is 4.90 Å². The number of morpholine rings is 1. The minimum atomic E-state index is 0.391. The van der Waals surface area contributed by atoms with Gasteiger partial charge in [-0.05, 0) is 33.2 Å². The molecule has 1 heterocycles. The van der Waals surface area contributed by atoms with Crippen LogP contribution in [0.5, 0.6) is 0 Å². The molecule has 1 aliphatic carbocycles. The van der Waals surface area contributed by atoms with E-state index in [1.165, 1.54) is 19.3 Å². The van der Waals surface area contributed by atoms with Crippen molar-refractivity contribution in [2.75, 3.05) is 26.7 Å². The molecule has 2 fully saturated rings. The van der Waals surface area contributed by atoms with E-state index < -0.39 is 0 Å².